The molecule has 0 aromatic carbocycles. The van der Waals surface area contributed by atoms with Crippen LogP contribution < -0.4 is 0 Å². The molecule has 0 radical (unpaired) electrons. The van der Waals surface area contributed by atoms with Gasteiger partial charge in [0.2, 0.25) is 0 Å². The number of aryl methyl sites for hydroxylation is 1. The van der Waals surface area contributed by atoms with Crippen LogP contribution >= 0.6 is 11.3 Å². The van der Waals surface area contributed by atoms with Crippen LogP contribution in [0.4, 0.5) is 4.79 Å². The number of amides is 1. The highest BCUT2D eigenvalue weighted by atomic mass is 32.1. The van der Waals surface area contributed by atoms with E-state index < -0.39 is 11.6 Å². The molecule has 182 valence electrons. The van der Waals surface area contributed by atoms with Gasteiger partial charge in [-0.1, -0.05) is 20.8 Å². The molecule has 0 saturated carbocycles. The number of imidazole rings is 1. The molecule has 33 heavy (non-hydrogen) atoms. The van der Waals surface area contributed by atoms with Gasteiger partial charge in [-0.3, -0.25) is 9.30 Å². The monoisotopic (exact) mass is 476 g/mol. The molecular weight excluding hydrogens is 440 g/mol. The number of hydrogen-bond donors (Lipinski definition) is 1. The quantitative estimate of drug-likeness (QED) is 0.711. The number of aromatic nitrogens is 2. The molecule has 1 fully saturated rings. The highest BCUT2D eigenvalue weighted by Crippen LogP contribution is 2.41. The first kappa shape index (κ1) is 24.0. The summed E-state index contributed by atoms with van der Waals surface area (Å²) in [7, 11) is 0. The fourth-order valence-electron chi connectivity index (χ4n) is 4.80. The molecule has 3 heterocycles. The Morgan fingerprint density at radius 1 is 1.12 bits per heavy atom. The van der Waals surface area contributed by atoms with Crippen molar-refractivity contribution in [3.05, 3.63) is 22.0 Å². The molecule has 0 bridgehead atoms. The van der Waals surface area contributed by atoms with Crippen molar-refractivity contribution in [3.8, 4) is 0 Å². The first-order chi connectivity index (χ1) is 15.3. The zero-order chi connectivity index (χ0) is 24.1. The summed E-state index contributed by atoms with van der Waals surface area (Å²) < 4.78 is 7.60. The number of carbonyl (C=O) groups excluding carboxylic acids is 1. The summed E-state index contributed by atoms with van der Waals surface area (Å²) in [4.78, 5) is 35.0. The van der Waals surface area contributed by atoms with E-state index in [0.717, 1.165) is 29.9 Å². The molecule has 2 aliphatic rings. The lowest BCUT2D eigenvalue weighted by Crippen LogP contribution is -2.49. The molecule has 1 atom stereocenters. The van der Waals surface area contributed by atoms with E-state index in [1.807, 2.05) is 20.8 Å². The lowest BCUT2D eigenvalue weighted by molar-refractivity contribution is 0.0138. The summed E-state index contributed by atoms with van der Waals surface area (Å²) in [5.41, 5.74) is 1.88. The third-order valence-corrected chi connectivity index (χ3v) is 7.84. The van der Waals surface area contributed by atoms with Crippen molar-refractivity contribution >= 4 is 28.4 Å². The van der Waals surface area contributed by atoms with E-state index in [9.17, 15) is 14.7 Å². The van der Waals surface area contributed by atoms with Gasteiger partial charge < -0.3 is 14.7 Å². The fraction of sp³-hybridized carbons (Fsp3) is 0.708. The Labute approximate surface area is 199 Å². The predicted molar refractivity (Wildman–Crippen MR) is 128 cm³/mol. The topological polar surface area (TPSA) is 87.4 Å². The number of fused-ring (bicyclic) bond motifs is 3. The third kappa shape index (κ3) is 5.04. The maximum absolute atomic E-state index is 12.4. The second-order valence-corrected chi connectivity index (χ2v) is 12.4. The van der Waals surface area contributed by atoms with Crippen molar-refractivity contribution in [1.29, 1.82) is 0 Å². The van der Waals surface area contributed by atoms with E-state index in [2.05, 4.69) is 35.1 Å². The van der Waals surface area contributed by atoms with E-state index in [0.29, 0.717) is 38.6 Å². The molecule has 2 aromatic heterocycles. The molecule has 1 amide bonds. The maximum Gasteiger partial charge on any atom is 0.410 e. The highest BCUT2D eigenvalue weighted by molar-refractivity contribution is 7.17. The summed E-state index contributed by atoms with van der Waals surface area (Å²) >= 11 is 1.64. The van der Waals surface area contributed by atoms with Gasteiger partial charge in [0, 0.05) is 43.3 Å². The molecule has 1 aliphatic carbocycles. The fourth-order valence-corrected chi connectivity index (χ4v) is 6.07. The average molecular weight is 477 g/mol. The number of ether oxygens (including phenoxy) is 1. The van der Waals surface area contributed by atoms with Gasteiger partial charge in [0.25, 0.3) is 0 Å². The number of thiazole rings is 1. The van der Waals surface area contributed by atoms with Crippen molar-refractivity contribution in [3.63, 3.8) is 0 Å². The van der Waals surface area contributed by atoms with Crippen molar-refractivity contribution in [2.24, 2.45) is 11.3 Å². The number of aromatic carboxylic acids is 1. The zero-order valence-corrected chi connectivity index (χ0v) is 21.4. The Hall–Kier alpha value is -2.13. The van der Waals surface area contributed by atoms with Crippen LogP contribution in [0.15, 0.2) is 0 Å². The smallest absolute Gasteiger partial charge is 0.410 e. The standard InChI is InChI=1S/C24H36N4O4S/c1-23(2,3)15-7-8-16-18(13-15)33-21-25-19(20(29)30)17(28(16)21)14-26-9-11-27(12-10-26)22(31)32-24(4,5)6/h15H,7-14H2,1-6H3,(H,29,30). The lowest BCUT2D eigenvalue weighted by Gasteiger charge is -2.35. The minimum Gasteiger partial charge on any atom is -0.476 e. The number of hydrogen-bond acceptors (Lipinski definition) is 6. The van der Waals surface area contributed by atoms with Gasteiger partial charge in [0.05, 0.1) is 5.69 Å². The highest BCUT2D eigenvalue weighted by Gasteiger charge is 2.34. The van der Waals surface area contributed by atoms with Crippen LogP contribution in [0.3, 0.4) is 0 Å². The first-order valence-corrected chi connectivity index (χ1v) is 12.6. The van der Waals surface area contributed by atoms with E-state index in [4.69, 9.17) is 4.74 Å². The number of carboxylic acids is 1. The first-order valence-electron chi connectivity index (χ1n) is 11.8. The molecule has 2 aromatic rings. The van der Waals surface area contributed by atoms with E-state index in [1.54, 1.807) is 16.2 Å². The number of carboxylic acid groups (broad SMARTS) is 1. The molecule has 1 aliphatic heterocycles. The van der Waals surface area contributed by atoms with Crippen molar-refractivity contribution in [2.45, 2.75) is 73.0 Å². The maximum atomic E-state index is 12.4. The molecule has 4 rings (SSSR count). The summed E-state index contributed by atoms with van der Waals surface area (Å²) in [6.45, 7) is 15.5. The normalized spacial score (nSPS) is 20.2. The molecule has 1 saturated heterocycles. The van der Waals surface area contributed by atoms with Crippen LogP contribution in [0.2, 0.25) is 0 Å². The van der Waals surface area contributed by atoms with E-state index in [-0.39, 0.29) is 17.2 Å². The van der Waals surface area contributed by atoms with Crippen LogP contribution in [0.25, 0.3) is 4.96 Å². The Balaban J connectivity index is 1.53. The Morgan fingerprint density at radius 3 is 2.36 bits per heavy atom. The predicted octanol–water partition coefficient (Wildman–Crippen LogP) is 4.30. The molecule has 1 unspecified atom stereocenters. The molecule has 8 nitrogen and oxygen atoms in total. The summed E-state index contributed by atoms with van der Waals surface area (Å²) in [6, 6.07) is 0. The molecule has 9 heteroatoms. The van der Waals surface area contributed by atoms with Gasteiger partial charge in [-0.05, 0) is 51.4 Å². The number of rotatable bonds is 3. The van der Waals surface area contributed by atoms with Crippen LogP contribution in [0.5, 0.6) is 0 Å². The van der Waals surface area contributed by atoms with E-state index in [1.165, 1.54) is 10.6 Å². The van der Waals surface area contributed by atoms with Crippen molar-refractivity contribution in [1.82, 2.24) is 19.2 Å². The SMILES string of the molecule is CC(C)(C)OC(=O)N1CCN(Cc2c(C(=O)O)nc3sc4c(n23)CCC(C(C)(C)C)C4)CC1. The second-order valence-electron chi connectivity index (χ2n) is 11.4. The van der Waals surface area contributed by atoms with Crippen LogP contribution in [0, 0.1) is 11.3 Å². The summed E-state index contributed by atoms with van der Waals surface area (Å²) in [5.74, 6) is -0.359. The van der Waals surface area contributed by atoms with Crippen LogP contribution in [-0.2, 0) is 24.1 Å². The Kier molecular flexibility index (Phi) is 6.24. The number of nitrogens with zero attached hydrogens (tertiary/aromatic N) is 4. The minimum absolute atomic E-state index is 0.150. The largest absolute Gasteiger partial charge is 0.476 e. The van der Waals surface area contributed by atoms with Gasteiger partial charge in [-0.15, -0.1) is 11.3 Å². The van der Waals surface area contributed by atoms with Crippen molar-refractivity contribution in [2.75, 3.05) is 26.2 Å². The van der Waals surface area contributed by atoms with E-state index >= 15 is 0 Å². The van der Waals surface area contributed by atoms with Gasteiger partial charge in [0.1, 0.15) is 5.60 Å². The summed E-state index contributed by atoms with van der Waals surface area (Å²) in [6.07, 6.45) is 2.80. The molecule has 1 N–H and O–H groups in total. The van der Waals surface area contributed by atoms with Gasteiger partial charge in [0.15, 0.2) is 10.7 Å². The minimum atomic E-state index is -0.981. The third-order valence-electron chi connectivity index (χ3n) is 6.73. The molecule has 0 spiro atoms. The van der Waals surface area contributed by atoms with Crippen molar-refractivity contribution < 1.29 is 19.4 Å². The van der Waals surface area contributed by atoms with Gasteiger partial charge in [-0.2, -0.15) is 0 Å². The second kappa shape index (κ2) is 8.58. The Morgan fingerprint density at radius 2 is 1.79 bits per heavy atom. The van der Waals surface area contributed by atoms with Gasteiger partial charge in [-0.25, -0.2) is 14.6 Å². The average Bonchev–Trinajstić information content (AvgIpc) is 3.22. The Bertz CT molecular complexity index is 1050. The molecular formula is C24H36N4O4S. The zero-order valence-electron chi connectivity index (χ0n) is 20.6. The summed E-state index contributed by atoms with van der Waals surface area (Å²) in [5, 5.41) is 9.83. The number of carbonyl (C=O) groups is 2. The number of piperazine rings is 1. The van der Waals surface area contributed by atoms with Crippen LogP contribution in [0.1, 0.15) is 74.7 Å². The van der Waals surface area contributed by atoms with Crippen LogP contribution in [-0.4, -0.2) is 68.1 Å². The van der Waals surface area contributed by atoms with Gasteiger partial charge >= 0.3 is 12.1 Å². The lowest BCUT2D eigenvalue weighted by atomic mass is 9.73.